The van der Waals surface area contributed by atoms with Gasteiger partial charge in [0.25, 0.3) is 0 Å². The Labute approximate surface area is 122 Å². The summed E-state index contributed by atoms with van der Waals surface area (Å²) in [6.45, 7) is 0.574. The maximum Gasteiger partial charge on any atom is 0.303 e. The van der Waals surface area contributed by atoms with Crippen molar-refractivity contribution in [1.29, 1.82) is 0 Å². The van der Waals surface area contributed by atoms with E-state index in [1.807, 2.05) is 16.7 Å². The zero-order valence-electron chi connectivity index (χ0n) is 11.5. The average Bonchev–Trinajstić information content (AvgIpc) is 2.97. The lowest BCUT2D eigenvalue weighted by atomic mass is 10.1. The molecule has 0 aliphatic rings. The number of hydrogen-bond acceptors (Lipinski definition) is 3. The molecule has 0 bridgehead atoms. The molecule has 0 saturated heterocycles. The van der Waals surface area contributed by atoms with Gasteiger partial charge >= 0.3 is 5.97 Å². The maximum absolute atomic E-state index is 11.8. The smallest absolute Gasteiger partial charge is 0.303 e. The summed E-state index contributed by atoms with van der Waals surface area (Å²) in [7, 11) is 0. The zero-order valence-corrected chi connectivity index (χ0v) is 11.5. The van der Waals surface area contributed by atoms with Gasteiger partial charge in [0, 0.05) is 37.5 Å². The number of anilines is 1. The lowest BCUT2D eigenvalue weighted by molar-refractivity contribution is -0.137. The van der Waals surface area contributed by atoms with Gasteiger partial charge in [0.2, 0.25) is 5.91 Å². The SMILES string of the molecule is O=C(O)CCc1cccc(NC(=O)CCn2ccnc2)c1. The second-order valence-electron chi connectivity index (χ2n) is 4.69. The summed E-state index contributed by atoms with van der Waals surface area (Å²) in [6, 6.07) is 7.25. The minimum absolute atomic E-state index is 0.0814. The molecule has 0 spiro atoms. The minimum Gasteiger partial charge on any atom is -0.481 e. The Hall–Kier alpha value is -2.63. The van der Waals surface area contributed by atoms with Crippen molar-refractivity contribution >= 4 is 17.6 Å². The van der Waals surface area contributed by atoms with Crippen molar-refractivity contribution in [2.45, 2.75) is 25.8 Å². The summed E-state index contributed by atoms with van der Waals surface area (Å²) < 4.78 is 1.84. The van der Waals surface area contributed by atoms with E-state index in [0.29, 0.717) is 25.1 Å². The highest BCUT2D eigenvalue weighted by molar-refractivity contribution is 5.90. The van der Waals surface area contributed by atoms with E-state index in [4.69, 9.17) is 5.11 Å². The van der Waals surface area contributed by atoms with Gasteiger partial charge in [-0.2, -0.15) is 0 Å². The molecule has 0 aliphatic heterocycles. The topological polar surface area (TPSA) is 84.2 Å². The van der Waals surface area contributed by atoms with Gasteiger partial charge in [-0.25, -0.2) is 4.98 Å². The monoisotopic (exact) mass is 287 g/mol. The van der Waals surface area contributed by atoms with Crippen LogP contribution in [0, 0.1) is 0 Å². The Kier molecular flexibility index (Phi) is 5.09. The molecule has 2 N–H and O–H groups in total. The number of carbonyl (C=O) groups excluding carboxylic acids is 1. The lowest BCUT2D eigenvalue weighted by Crippen LogP contribution is -2.14. The van der Waals surface area contributed by atoms with Gasteiger partial charge in [-0.3, -0.25) is 9.59 Å². The molecule has 0 aliphatic carbocycles. The fourth-order valence-corrected chi connectivity index (χ4v) is 1.93. The number of aromatic nitrogens is 2. The lowest BCUT2D eigenvalue weighted by Gasteiger charge is -2.07. The molecule has 1 heterocycles. The summed E-state index contributed by atoms with van der Waals surface area (Å²) in [6.07, 6.45) is 6.03. The molecular weight excluding hydrogens is 270 g/mol. The summed E-state index contributed by atoms with van der Waals surface area (Å²) in [5, 5.41) is 11.5. The number of aliphatic carboxylic acids is 1. The molecule has 2 aromatic rings. The third-order valence-corrected chi connectivity index (χ3v) is 2.99. The largest absolute Gasteiger partial charge is 0.481 e. The molecule has 6 nitrogen and oxygen atoms in total. The summed E-state index contributed by atoms with van der Waals surface area (Å²) >= 11 is 0. The highest BCUT2D eigenvalue weighted by atomic mass is 16.4. The van der Waals surface area contributed by atoms with Crippen LogP contribution in [0.2, 0.25) is 0 Å². The summed E-state index contributed by atoms with van der Waals surface area (Å²) in [5.74, 6) is -0.913. The van der Waals surface area contributed by atoms with Gasteiger partial charge in [0.1, 0.15) is 0 Å². The van der Waals surface area contributed by atoms with Gasteiger partial charge in [-0.15, -0.1) is 0 Å². The number of aryl methyl sites for hydroxylation is 2. The fraction of sp³-hybridized carbons (Fsp3) is 0.267. The molecule has 21 heavy (non-hydrogen) atoms. The number of carbonyl (C=O) groups is 2. The first-order valence-electron chi connectivity index (χ1n) is 6.70. The first-order chi connectivity index (χ1) is 10.1. The first kappa shape index (κ1) is 14.8. The molecule has 2 rings (SSSR count). The molecule has 110 valence electrons. The molecule has 0 saturated carbocycles. The Morgan fingerprint density at radius 2 is 2.14 bits per heavy atom. The Morgan fingerprint density at radius 1 is 1.29 bits per heavy atom. The van der Waals surface area contributed by atoms with Crippen LogP contribution in [0.25, 0.3) is 0 Å². The number of carboxylic acid groups (broad SMARTS) is 1. The molecule has 0 fully saturated rings. The molecule has 1 amide bonds. The van der Waals surface area contributed by atoms with Crippen molar-refractivity contribution in [2.24, 2.45) is 0 Å². The third kappa shape index (κ3) is 5.10. The molecular formula is C15H17N3O3. The Balaban J connectivity index is 1.85. The van der Waals surface area contributed by atoms with Gasteiger partial charge in [-0.05, 0) is 24.1 Å². The summed E-state index contributed by atoms with van der Waals surface area (Å²) in [5.41, 5.74) is 1.58. The average molecular weight is 287 g/mol. The van der Waals surface area contributed by atoms with E-state index < -0.39 is 5.97 Å². The van der Waals surface area contributed by atoms with Gasteiger partial charge in [0.05, 0.1) is 6.33 Å². The predicted octanol–water partition coefficient (Wildman–Crippen LogP) is 1.93. The molecule has 6 heteroatoms. The van der Waals surface area contributed by atoms with E-state index in [1.54, 1.807) is 30.9 Å². The Bertz CT molecular complexity index is 608. The fourth-order valence-electron chi connectivity index (χ4n) is 1.93. The number of benzene rings is 1. The van der Waals surface area contributed by atoms with Crippen molar-refractivity contribution in [2.75, 3.05) is 5.32 Å². The van der Waals surface area contributed by atoms with E-state index in [0.717, 1.165) is 5.56 Å². The van der Waals surface area contributed by atoms with E-state index in [9.17, 15) is 9.59 Å². The van der Waals surface area contributed by atoms with E-state index >= 15 is 0 Å². The van der Waals surface area contributed by atoms with Gasteiger partial charge in [0.15, 0.2) is 0 Å². The molecule has 0 atom stereocenters. The van der Waals surface area contributed by atoms with Gasteiger partial charge in [-0.1, -0.05) is 12.1 Å². The quantitative estimate of drug-likeness (QED) is 0.815. The molecule has 1 aromatic heterocycles. The van der Waals surface area contributed by atoms with Crippen molar-refractivity contribution in [3.05, 3.63) is 48.5 Å². The van der Waals surface area contributed by atoms with E-state index in [1.165, 1.54) is 0 Å². The van der Waals surface area contributed by atoms with Crippen molar-refractivity contribution < 1.29 is 14.7 Å². The first-order valence-corrected chi connectivity index (χ1v) is 6.70. The second-order valence-corrected chi connectivity index (χ2v) is 4.69. The van der Waals surface area contributed by atoms with Crippen molar-refractivity contribution in [3.8, 4) is 0 Å². The van der Waals surface area contributed by atoms with E-state index in [2.05, 4.69) is 10.3 Å². The van der Waals surface area contributed by atoms with Crippen LogP contribution in [0.15, 0.2) is 43.0 Å². The van der Waals surface area contributed by atoms with Crippen LogP contribution < -0.4 is 5.32 Å². The molecule has 0 unspecified atom stereocenters. The number of imidazole rings is 1. The minimum atomic E-state index is -0.829. The van der Waals surface area contributed by atoms with Gasteiger partial charge < -0.3 is 15.0 Å². The zero-order chi connectivity index (χ0) is 15.1. The van der Waals surface area contributed by atoms with Crippen molar-refractivity contribution in [1.82, 2.24) is 9.55 Å². The summed E-state index contributed by atoms with van der Waals surface area (Å²) in [4.78, 5) is 26.3. The van der Waals surface area contributed by atoms with Crippen LogP contribution in [0.5, 0.6) is 0 Å². The number of hydrogen-bond donors (Lipinski definition) is 2. The van der Waals surface area contributed by atoms with Crippen molar-refractivity contribution in [3.63, 3.8) is 0 Å². The highest BCUT2D eigenvalue weighted by Gasteiger charge is 2.04. The van der Waals surface area contributed by atoms with Crippen LogP contribution >= 0.6 is 0 Å². The normalized spacial score (nSPS) is 10.3. The number of nitrogens with zero attached hydrogens (tertiary/aromatic N) is 2. The standard InChI is InChI=1S/C15H17N3O3/c19-14(6-8-18-9-7-16-11-18)17-13-3-1-2-12(10-13)4-5-15(20)21/h1-3,7,9-11H,4-6,8H2,(H,17,19)(H,20,21). The number of amides is 1. The van der Waals surface area contributed by atoms with Crippen LogP contribution in [0.1, 0.15) is 18.4 Å². The third-order valence-electron chi connectivity index (χ3n) is 2.99. The molecule has 0 radical (unpaired) electrons. The molecule has 1 aromatic carbocycles. The van der Waals surface area contributed by atoms with Crippen LogP contribution in [-0.4, -0.2) is 26.5 Å². The maximum atomic E-state index is 11.8. The van der Waals surface area contributed by atoms with E-state index in [-0.39, 0.29) is 12.3 Å². The van der Waals surface area contributed by atoms with Crippen LogP contribution in [0.3, 0.4) is 0 Å². The number of nitrogens with one attached hydrogen (secondary N) is 1. The van der Waals surface area contributed by atoms with Crippen LogP contribution in [-0.2, 0) is 22.6 Å². The predicted molar refractivity (Wildman–Crippen MR) is 77.9 cm³/mol. The highest BCUT2D eigenvalue weighted by Crippen LogP contribution is 2.12. The van der Waals surface area contributed by atoms with Crippen LogP contribution in [0.4, 0.5) is 5.69 Å². The number of carboxylic acids is 1. The Morgan fingerprint density at radius 3 is 2.86 bits per heavy atom. The second kappa shape index (κ2) is 7.23. The number of rotatable bonds is 7.